The molecule has 0 radical (unpaired) electrons. The summed E-state index contributed by atoms with van der Waals surface area (Å²) in [5, 5.41) is 8.82. The highest BCUT2D eigenvalue weighted by Gasteiger charge is 2.44. The molecule has 4 atom stereocenters. The molecule has 4 unspecified atom stereocenters. The van der Waals surface area contributed by atoms with Gasteiger partial charge in [-0.05, 0) is 37.9 Å². The van der Waals surface area contributed by atoms with E-state index in [0.717, 1.165) is 64.3 Å². The molecule has 4 fully saturated rings. The lowest BCUT2D eigenvalue weighted by Gasteiger charge is -2.50. The Kier molecular flexibility index (Phi) is 6.52. The molecular weight excluding hydrogens is 404 g/mol. The van der Waals surface area contributed by atoms with E-state index in [9.17, 15) is 4.79 Å². The number of ether oxygens (including phenoxy) is 1. The Balaban J connectivity index is 1.14. The third-order valence-electron chi connectivity index (χ3n) is 7.23. The smallest absolute Gasteiger partial charge is 0.227 e. The van der Waals surface area contributed by atoms with Crippen molar-refractivity contribution in [2.75, 3.05) is 46.4 Å². The number of benzene rings is 1. The monoisotopic (exact) mass is 438 g/mol. The fraction of sp³-hybridized carbons (Fsp3) is 0.625. The van der Waals surface area contributed by atoms with Gasteiger partial charge in [0.1, 0.15) is 0 Å². The van der Waals surface area contributed by atoms with Crippen molar-refractivity contribution < 1.29 is 9.53 Å². The van der Waals surface area contributed by atoms with Crippen LogP contribution in [0.5, 0.6) is 0 Å². The van der Waals surface area contributed by atoms with Crippen molar-refractivity contribution >= 4 is 5.91 Å². The molecule has 1 amide bonds. The van der Waals surface area contributed by atoms with Crippen molar-refractivity contribution in [1.82, 2.24) is 29.7 Å². The molecule has 2 aromatic rings. The zero-order valence-corrected chi connectivity index (χ0v) is 19.0. The largest absolute Gasteiger partial charge is 0.378 e. The Hall–Kier alpha value is -2.29. The molecule has 0 saturated carbocycles. The van der Waals surface area contributed by atoms with E-state index in [2.05, 4.69) is 57.6 Å². The second-order valence-electron chi connectivity index (χ2n) is 9.57. The van der Waals surface area contributed by atoms with Crippen molar-refractivity contribution in [1.29, 1.82) is 0 Å². The summed E-state index contributed by atoms with van der Waals surface area (Å²) in [4.78, 5) is 19.8. The van der Waals surface area contributed by atoms with Gasteiger partial charge in [0.15, 0.2) is 0 Å². The number of aromatic nitrogens is 3. The molecule has 4 saturated heterocycles. The van der Waals surface area contributed by atoms with E-state index >= 15 is 0 Å². The molecule has 2 bridgehead atoms. The quantitative estimate of drug-likeness (QED) is 0.652. The molecule has 1 aromatic carbocycles. The molecular formula is C24H34N6O2. The SMILES string of the molecule is CN(Cc1ccccc1)Cc1cn(CC2CC3CCN2CC3C(=O)N2CCOCC2)nn1. The first-order valence-electron chi connectivity index (χ1n) is 11.9. The maximum atomic E-state index is 13.1. The highest BCUT2D eigenvalue weighted by molar-refractivity contribution is 5.79. The first kappa shape index (κ1) is 21.6. The van der Waals surface area contributed by atoms with Gasteiger partial charge >= 0.3 is 0 Å². The molecule has 8 heteroatoms. The number of amides is 1. The van der Waals surface area contributed by atoms with E-state index in [1.165, 1.54) is 5.56 Å². The Labute approximate surface area is 190 Å². The van der Waals surface area contributed by atoms with Crippen molar-refractivity contribution in [3.63, 3.8) is 0 Å². The van der Waals surface area contributed by atoms with E-state index < -0.39 is 0 Å². The lowest BCUT2D eigenvalue weighted by Crippen LogP contribution is -2.59. The Morgan fingerprint density at radius 3 is 2.72 bits per heavy atom. The number of piperidine rings is 3. The van der Waals surface area contributed by atoms with Crippen LogP contribution in [0, 0.1) is 11.8 Å². The van der Waals surface area contributed by atoms with Gasteiger partial charge in [-0.15, -0.1) is 5.10 Å². The molecule has 0 N–H and O–H groups in total. The summed E-state index contributed by atoms with van der Waals surface area (Å²) >= 11 is 0. The molecule has 5 heterocycles. The standard InChI is InChI=1S/C24H34N6O2/c1-27(14-19-5-3-2-4-6-19)15-21-16-30(26-25-21)17-22-13-20-7-8-29(22)18-23(20)24(31)28-9-11-32-12-10-28/h2-6,16,20,22-23H,7-15,17-18H2,1H3. The van der Waals surface area contributed by atoms with E-state index in [1.54, 1.807) is 0 Å². The number of carbonyl (C=O) groups excluding carboxylic acids is 1. The molecule has 172 valence electrons. The summed E-state index contributed by atoms with van der Waals surface area (Å²) in [6.07, 6.45) is 4.29. The topological polar surface area (TPSA) is 66.7 Å². The number of carbonyl (C=O) groups is 1. The van der Waals surface area contributed by atoms with Gasteiger partial charge in [0.25, 0.3) is 0 Å². The maximum absolute atomic E-state index is 13.1. The summed E-state index contributed by atoms with van der Waals surface area (Å²) in [5.41, 5.74) is 2.30. The summed E-state index contributed by atoms with van der Waals surface area (Å²) in [6.45, 7) is 7.32. The third-order valence-corrected chi connectivity index (χ3v) is 7.23. The number of morpholine rings is 1. The number of hydrogen-bond acceptors (Lipinski definition) is 6. The van der Waals surface area contributed by atoms with Crippen LogP contribution < -0.4 is 0 Å². The number of fused-ring (bicyclic) bond motifs is 3. The molecule has 32 heavy (non-hydrogen) atoms. The minimum absolute atomic E-state index is 0.149. The predicted molar refractivity (Wildman–Crippen MR) is 121 cm³/mol. The summed E-state index contributed by atoms with van der Waals surface area (Å²) in [6, 6.07) is 10.9. The van der Waals surface area contributed by atoms with Gasteiger partial charge in [0.05, 0.1) is 31.4 Å². The van der Waals surface area contributed by atoms with Crippen molar-refractivity contribution in [3.8, 4) is 0 Å². The van der Waals surface area contributed by atoms with Gasteiger partial charge in [-0.1, -0.05) is 35.5 Å². The van der Waals surface area contributed by atoms with Gasteiger partial charge in [-0.3, -0.25) is 19.3 Å². The normalized spacial score (nSPS) is 27.8. The van der Waals surface area contributed by atoms with Crippen molar-refractivity contribution in [3.05, 3.63) is 47.8 Å². The van der Waals surface area contributed by atoms with Crippen molar-refractivity contribution in [2.24, 2.45) is 11.8 Å². The zero-order valence-electron chi connectivity index (χ0n) is 19.0. The minimum atomic E-state index is 0.149. The van der Waals surface area contributed by atoms with Crippen LogP contribution in [0.2, 0.25) is 0 Å². The Bertz CT molecular complexity index is 897. The van der Waals surface area contributed by atoms with E-state index in [0.29, 0.717) is 31.1 Å². The maximum Gasteiger partial charge on any atom is 0.227 e. The molecule has 4 aliphatic rings. The highest BCUT2D eigenvalue weighted by Crippen LogP contribution is 2.37. The van der Waals surface area contributed by atoms with Gasteiger partial charge in [-0.25, -0.2) is 0 Å². The summed E-state index contributed by atoms with van der Waals surface area (Å²) in [5.74, 6) is 0.974. The molecule has 6 rings (SSSR count). The predicted octanol–water partition coefficient (Wildman–Crippen LogP) is 1.48. The van der Waals surface area contributed by atoms with Crippen LogP contribution in [0.4, 0.5) is 0 Å². The van der Waals surface area contributed by atoms with E-state index in [4.69, 9.17) is 4.74 Å². The fourth-order valence-electron chi connectivity index (χ4n) is 5.57. The Morgan fingerprint density at radius 1 is 1.16 bits per heavy atom. The number of rotatable bonds is 7. The van der Waals surface area contributed by atoms with Crippen LogP contribution in [-0.4, -0.2) is 88.1 Å². The summed E-state index contributed by atoms with van der Waals surface area (Å²) < 4.78 is 7.41. The molecule has 8 nitrogen and oxygen atoms in total. The first-order chi connectivity index (χ1) is 15.7. The minimum Gasteiger partial charge on any atom is -0.378 e. The lowest BCUT2D eigenvalue weighted by atomic mass is 9.75. The first-order valence-corrected chi connectivity index (χ1v) is 11.9. The van der Waals surface area contributed by atoms with Crippen LogP contribution in [0.3, 0.4) is 0 Å². The van der Waals surface area contributed by atoms with Crippen molar-refractivity contribution in [2.45, 2.75) is 38.5 Å². The number of hydrogen-bond donors (Lipinski definition) is 0. The van der Waals surface area contributed by atoms with Gasteiger partial charge in [0.2, 0.25) is 5.91 Å². The molecule has 0 spiro atoms. The number of nitrogens with zero attached hydrogens (tertiary/aromatic N) is 6. The van der Waals surface area contributed by atoms with Crippen LogP contribution >= 0.6 is 0 Å². The second kappa shape index (κ2) is 9.68. The Morgan fingerprint density at radius 2 is 1.97 bits per heavy atom. The van der Waals surface area contributed by atoms with Crippen LogP contribution in [0.1, 0.15) is 24.1 Å². The van der Waals surface area contributed by atoms with Crippen LogP contribution in [0.25, 0.3) is 0 Å². The fourth-order valence-corrected chi connectivity index (χ4v) is 5.57. The average molecular weight is 439 g/mol. The van der Waals surface area contributed by atoms with E-state index in [1.807, 2.05) is 15.6 Å². The molecule has 0 aliphatic carbocycles. The lowest BCUT2D eigenvalue weighted by molar-refractivity contribution is -0.148. The zero-order chi connectivity index (χ0) is 21.9. The van der Waals surface area contributed by atoms with Crippen LogP contribution in [0.15, 0.2) is 36.5 Å². The molecule has 1 aromatic heterocycles. The molecule has 4 aliphatic heterocycles. The van der Waals surface area contributed by atoms with Gasteiger partial charge in [-0.2, -0.15) is 0 Å². The third kappa shape index (κ3) is 4.87. The van der Waals surface area contributed by atoms with E-state index in [-0.39, 0.29) is 5.92 Å². The highest BCUT2D eigenvalue weighted by atomic mass is 16.5. The average Bonchev–Trinajstić information content (AvgIpc) is 3.26. The van der Waals surface area contributed by atoms with Gasteiger partial charge < -0.3 is 9.64 Å². The summed E-state index contributed by atoms with van der Waals surface area (Å²) in [7, 11) is 2.11. The van der Waals surface area contributed by atoms with Gasteiger partial charge in [0, 0.05) is 45.0 Å². The second-order valence-corrected chi connectivity index (χ2v) is 9.57. The van der Waals surface area contributed by atoms with Crippen LogP contribution in [-0.2, 0) is 29.2 Å².